The Morgan fingerprint density at radius 2 is 0.881 bits per heavy atom. The first-order chi connectivity index (χ1) is 20.8. The molecule has 194 valence electrons. The van der Waals surface area contributed by atoms with Crippen molar-refractivity contribution >= 4 is 76.2 Å². The maximum Gasteiger partial charge on any atom is 0.136 e. The summed E-state index contributed by atoms with van der Waals surface area (Å²) < 4.78 is 12.6. The minimum Gasteiger partial charge on any atom is -0.456 e. The summed E-state index contributed by atoms with van der Waals surface area (Å²) >= 11 is 0. The Morgan fingerprint density at radius 1 is 0.333 bits per heavy atom. The van der Waals surface area contributed by atoms with Crippen LogP contribution in [0.3, 0.4) is 0 Å². The number of hydrogen-bond acceptors (Lipinski definition) is 2. The van der Waals surface area contributed by atoms with Crippen molar-refractivity contribution < 1.29 is 8.83 Å². The fourth-order valence-electron chi connectivity index (χ4n) is 7.29. The first-order valence-electron chi connectivity index (χ1n) is 14.4. The molecule has 0 fully saturated rings. The average molecular weight is 535 g/mol. The molecular formula is C40H22O2. The van der Waals surface area contributed by atoms with Gasteiger partial charge in [-0.1, -0.05) is 97.1 Å². The van der Waals surface area contributed by atoms with Gasteiger partial charge in [0.2, 0.25) is 0 Å². The quantitative estimate of drug-likeness (QED) is 0.163. The zero-order valence-electron chi connectivity index (χ0n) is 22.5. The van der Waals surface area contributed by atoms with Crippen molar-refractivity contribution in [1.29, 1.82) is 0 Å². The van der Waals surface area contributed by atoms with Crippen molar-refractivity contribution in [2.45, 2.75) is 0 Å². The maximum atomic E-state index is 6.33. The largest absolute Gasteiger partial charge is 0.456 e. The Labute approximate surface area is 240 Å². The molecule has 0 aliphatic heterocycles. The smallest absolute Gasteiger partial charge is 0.136 e. The summed E-state index contributed by atoms with van der Waals surface area (Å²) in [5, 5.41) is 12.0. The highest BCUT2D eigenvalue weighted by molar-refractivity contribution is 6.29. The zero-order chi connectivity index (χ0) is 27.4. The summed E-state index contributed by atoms with van der Waals surface area (Å²) in [5.74, 6) is 0. The molecule has 0 unspecified atom stereocenters. The summed E-state index contributed by atoms with van der Waals surface area (Å²) in [6.45, 7) is 0. The SMILES string of the molecule is c1ccc2c(c1)oc1cc(-c3c4ccccc4c(-c4cc5cccc6oc7cccc4c7c56)c4ccccc34)ccc12. The third-order valence-corrected chi connectivity index (χ3v) is 9.01. The van der Waals surface area contributed by atoms with Crippen molar-refractivity contribution in [2.24, 2.45) is 0 Å². The van der Waals surface area contributed by atoms with Gasteiger partial charge in [0.1, 0.15) is 22.3 Å². The van der Waals surface area contributed by atoms with E-state index in [9.17, 15) is 0 Å². The molecule has 2 nitrogen and oxygen atoms in total. The third-order valence-electron chi connectivity index (χ3n) is 9.01. The van der Waals surface area contributed by atoms with E-state index in [1.165, 1.54) is 59.8 Å². The zero-order valence-corrected chi connectivity index (χ0v) is 22.5. The molecule has 0 aliphatic rings. The third kappa shape index (κ3) is 2.83. The van der Waals surface area contributed by atoms with Crippen molar-refractivity contribution in [3.8, 4) is 22.3 Å². The molecule has 0 spiro atoms. The lowest BCUT2D eigenvalue weighted by atomic mass is 9.84. The van der Waals surface area contributed by atoms with Crippen LogP contribution in [-0.4, -0.2) is 0 Å². The second-order valence-corrected chi connectivity index (χ2v) is 11.2. The van der Waals surface area contributed by atoms with Gasteiger partial charge in [-0.25, -0.2) is 0 Å². The Hall–Kier alpha value is -5.60. The van der Waals surface area contributed by atoms with Gasteiger partial charge in [0, 0.05) is 21.5 Å². The summed E-state index contributed by atoms with van der Waals surface area (Å²) in [4.78, 5) is 0. The van der Waals surface area contributed by atoms with Crippen LogP contribution in [0.4, 0.5) is 0 Å². The van der Waals surface area contributed by atoms with Crippen LogP contribution in [0.1, 0.15) is 0 Å². The maximum absolute atomic E-state index is 6.33. The number of para-hydroxylation sites is 1. The van der Waals surface area contributed by atoms with Crippen molar-refractivity contribution in [2.75, 3.05) is 0 Å². The molecule has 0 amide bonds. The summed E-state index contributed by atoms with van der Waals surface area (Å²) in [6.07, 6.45) is 0. The molecule has 0 radical (unpaired) electrons. The van der Waals surface area contributed by atoms with E-state index in [0.29, 0.717) is 0 Å². The van der Waals surface area contributed by atoms with Crippen LogP contribution >= 0.6 is 0 Å². The molecule has 2 heteroatoms. The van der Waals surface area contributed by atoms with Gasteiger partial charge in [-0.2, -0.15) is 0 Å². The van der Waals surface area contributed by atoms with E-state index in [4.69, 9.17) is 8.83 Å². The monoisotopic (exact) mass is 534 g/mol. The number of hydrogen-bond donors (Lipinski definition) is 0. The fourth-order valence-corrected chi connectivity index (χ4v) is 7.29. The van der Waals surface area contributed by atoms with E-state index < -0.39 is 0 Å². The van der Waals surface area contributed by atoms with Crippen LogP contribution in [0.2, 0.25) is 0 Å². The lowest BCUT2D eigenvalue weighted by Crippen LogP contribution is -1.92. The van der Waals surface area contributed by atoms with Crippen molar-refractivity contribution in [3.05, 3.63) is 133 Å². The molecule has 0 saturated carbocycles. The van der Waals surface area contributed by atoms with Gasteiger partial charge < -0.3 is 8.83 Å². The Morgan fingerprint density at radius 3 is 1.64 bits per heavy atom. The highest BCUT2D eigenvalue weighted by Crippen LogP contribution is 2.48. The summed E-state index contributed by atoms with van der Waals surface area (Å²) in [7, 11) is 0. The van der Waals surface area contributed by atoms with Gasteiger partial charge in [-0.05, 0) is 91.0 Å². The molecule has 0 N–H and O–H groups in total. The van der Waals surface area contributed by atoms with E-state index in [2.05, 4.69) is 121 Å². The van der Waals surface area contributed by atoms with Crippen LogP contribution in [0.25, 0.3) is 98.4 Å². The molecular weight excluding hydrogens is 512 g/mol. The topological polar surface area (TPSA) is 26.3 Å². The van der Waals surface area contributed by atoms with Gasteiger partial charge in [-0.3, -0.25) is 0 Å². The number of benzene rings is 8. The van der Waals surface area contributed by atoms with E-state index in [-0.39, 0.29) is 0 Å². The van der Waals surface area contributed by atoms with E-state index in [0.717, 1.165) is 38.7 Å². The lowest BCUT2D eigenvalue weighted by molar-refractivity contribution is 0.669. The van der Waals surface area contributed by atoms with Gasteiger partial charge >= 0.3 is 0 Å². The normalized spacial score (nSPS) is 12.3. The molecule has 42 heavy (non-hydrogen) atoms. The number of furan rings is 2. The molecule has 0 bridgehead atoms. The highest BCUT2D eigenvalue weighted by Gasteiger charge is 2.21. The minimum atomic E-state index is 0.910. The first-order valence-corrected chi connectivity index (χ1v) is 14.4. The minimum absolute atomic E-state index is 0.910. The predicted molar refractivity (Wildman–Crippen MR) is 176 cm³/mol. The van der Waals surface area contributed by atoms with Crippen LogP contribution in [0.5, 0.6) is 0 Å². The second kappa shape index (κ2) is 7.99. The molecule has 0 atom stereocenters. The van der Waals surface area contributed by atoms with E-state index in [1.807, 2.05) is 12.1 Å². The first kappa shape index (κ1) is 22.1. The summed E-state index contributed by atoms with van der Waals surface area (Å²) in [6, 6.07) is 47.8. The highest BCUT2D eigenvalue weighted by atomic mass is 16.3. The summed E-state index contributed by atoms with van der Waals surface area (Å²) in [5.41, 5.74) is 8.58. The second-order valence-electron chi connectivity index (χ2n) is 11.2. The van der Waals surface area contributed by atoms with Crippen LogP contribution in [0.15, 0.2) is 142 Å². The Kier molecular flexibility index (Phi) is 4.21. The van der Waals surface area contributed by atoms with Crippen LogP contribution in [-0.2, 0) is 0 Å². The van der Waals surface area contributed by atoms with E-state index >= 15 is 0 Å². The van der Waals surface area contributed by atoms with Crippen LogP contribution in [0, 0.1) is 0 Å². The van der Waals surface area contributed by atoms with Gasteiger partial charge in [0.25, 0.3) is 0 Å². The number of rotatable bonds is 2. The van der Waals surface area contributed by atoms with E-state index in [1.54, 1.807) is 0 Å². The standard InChI is InChI=1S/C40H22O2/c1-3-13-29-27(11-1)37(24-19-20-26-25-10-5-6-16-33(25)41-36(26)22-24)28-12-2-4-14-30(28)39(29)32-21-23-9-7-17-34-38(23)40-31(32)15-8-18-35(40)42-34/h1-22H. The molecule has 10 aromatic rings. The van der Waals surface area contributed by atoms with Gasteiger partial charge in [0.05, 0.1) is 0 Å². The average Bonchev–Trinajstić information content (AvgIpc) is 3.61. The predicted octanol–water partition coefficient (Wildman–Crippen LogP) is 11.7. The van der Waals surface area contributed by atoms with Gasteiger partial charge in [-0.15, -0.1) is 0 Å². The molecule has 10 rings (SSSR count). The molecule has 0 saturated heterocycles. The molecule has 0 aliphatic carbocycles. The Bertz CT molecular complexity index is 2630. The Balaban J connectivity index is 1.35. The fraction of sp³-hybridized carbons (Fsp3) is 0. The van der Waals surface area contributed by atoms with Crippen molar-refractivity contribution in [1.82, 2.24) is 0 Å². The van der Waals surface area contributed by atoms with Crippen LogP contribution < -0.4 is 0 Å². The van der Waals surface area contributed by atoms with Crippen molar-refractivity contribution in [3.63, 3.8) is 0 Å². The van der Waals surface area contributed by atoms with Gasteiger partial charge in [0.15, 0.2) is 0 Å². The molecule has 2 aromatic heterocycles. The molecule has 8 aromatic carbocycles. The number of fused-ring (bicyclic) bond motifs is 5. The lowest BCUT2D eigenvalue weighted by Gasteiger charge is -2.19. The molecule has 2 heterocycles.